The minimum Gasteiger partial charge on any atom is -0.376 e. The van der Waals surface area contributed by atoms with Gasteiger partial charge in [-0.25, -0.2) is 4.68 Å². The van der Waals surface area contributed by atoms with E-state index in [1.54, 1.807) is 10.7 Å². The molecule has 4 rings (SSSR count). The fourth-order valence-electron chi connectivity index (χ4n) is 3.82. The minimum absolute atomic E-state index is 0.00896. The van der Waals surface area contributed by atoms with Gasteiger partial charge in [0.1, 0.15) is 0 Å². The van der Waals surface area contributed by atoms with Crippen molar-refractivity contribution in [3.63, 3.8) is 0 Å². The highest BCUT2D eigenvalue weighted by atomic mass is 16.5. The molecule has 0 radical (unpaired) electrons. The second-order valence-electron chi connectivity index (χ2n) is 7.11. The predicted octanol–water partition coefficient (Wildman–Crippen LogP) is 1.62. The Morgan fingerprint density at radius 2 is 2.20 bits per heavy atom. The van der Waals surface area contributed by atoms with Crippen molar-refractivity contribution < 1.29 is 4.74 Å². The Labute approximate surface area is 146 Å². The van der Waals surface area contributed by atoms with Gasteiger partial charge in [0.2, 0.25) is 0 Å². The summed E-state index contributed by atoms with van der Waals surface area (Å²) < 4.78 is 7.14. The van der Waals surface area contributed by atoms with E-state index in [2.05, 4.69) is 20.6 Å². The quantitative estimate of drug-likeness (QED) is 0.881. The summed E-state index contributed by atoms with van der Waals surface area (Å²) in [6, 6.07) is 2.43. The number of nitrogens with zero attached hydrogens (tertiary/aromatic N) is 3. The highest BCUT2D eigenvalue weighted by Crippen LogP contribution is 2.27. The summed E-state index contributed by atoms with van der Waals surface area (Å²) in [4.78, 5) is 12.4. The van der Waals surface area contributed by atoms with E-state index in [4.69, 9.17) is 4.74 Å². The van der Waals surface area contributed by atoms with Crippen LogP contribution in [0.5, 0.6) is 0 Å². The maximum Gasteiger partial charge on any atom is 0.267 e. The van der Waals surface area contributed by atoms with Gasteiger partial charge in [-0.1, -0.05) is 0 Å². The number of rotatable bonds is 4. The monoisotopic (exact) mass is 343 g/mol. The van der Waals surface area contributed by atoms with Crippen LogP contribution in [0.4, 0.5) is 0 Å². The van der Waals surface area contributed by atoms with Crippen LogP contribution in [0.25, 0.3) is 0 Å². The highest BCUT2D eigenvalue weighted by molar-refractivity contribution is 5.19. The zero-order chi connectivity index (χ0) is 17.2. The van der Waals surface area contributed by atoms with Crippen molar-refractivity contribution in [2.75, 3.05) is 6.61 Å². The summed E-state index contributed by atoms with van der Waals surface area (Å²) in [6.45, 7) is 4.10. The summed E-state index contributed by atoms with van der Waals surface area (Å²) in [6.07, 6.45) is 6.80. The van der Waals surface area contributed by atoms with Crippen LogP contribution in [0.2, 0.25) is 0 Å². The van der Waals surface area contributed by atoms with E-state index in [0.717, 1.165) is 55.6 Å². The van der Waals surface area contributed by atoms with Gasteiger partial charge in [-0.2, -0.15) is 10.2 Å². The lowest BCUT2D eigenvalue weighted by molar-refractivity contribution is 0.107. The van der Waals surface area contributed by atoms with E-state index >= 15 is 0 Å². The average Bonchev–Trinajstić information content (AvgIpc) is 3.05. The van der Waals surface area contributed by atoms with Gasteiger partial charge < -0.3 is 10.1 Å². The summed E-state index contributed by atoms with van der Waals surface area (Å²) in [5, 5.41) is 15.3. The van der Waals surface area contributed by atoms with E-state index in [-0.39, 0.29) is 11.6 Å². The van der Waals surface area contributed by atoms with Gasteiger partial charge in [0.25, 0.3) is 5.56 Å². The van der Waals surface area contributed by atoms with Gasteiger partial charge in [0.15, 0.2) is 0 Å². The van der Waals surface area contributed by atoms with Crippen molar-refractivity contribution in [1.29, 1.82) is 0 Å². The first-order valence-electron chi connectivity index (χ1n) is 9.12. The van der Waals surface area contributed by atoms with Crippen molar-refractivity contribution in [3.8, 4) is 0 Å². The van der Waals surface area contributed by atoms with Gasteiger partial charge in [0, 0.05) is 41.9 Å². The summed E-state index contributed by atoms with van der Waals surface area (Å²) in [5.74, 6) is 0. The third kappa shape index (κ3) is 3.52. The highest BCUT2D eigenvalue weighted by Gasteiger charge is 2.25. The van der Waals surface area contributed by atoms with Crippen molar-refractivity contribution in [2.24, 2.45) is 0 Å². The molecule has 7 heteroatoms. The lowest BCUT2D eigenvalue weighted by atomic mass is 9.91. The lowest BCUT2D eigenvalue weighted by Crippen LogP contribution is -2.37. The van der Waals surface area contributed by atoms with Crippen LogP contribution >= 0.6 is 0 Å². The van der Waals surface area contributed by atoms with Crippen LogP contribution in [0.1, 0.15) is 54.2 Å². The van der Waals surface area contributed by atoms with Crippen molar-refractivity contribution in [1.82, 2.24) is 25.3 Å². The third-order valence-corrected chi connectivity index (χ3v) is 5.42. The molecule has 0 amide bonds. The molecule has 0 atom stereocenters. The number of nitrogens with one attached hydrogen (secondary N) is 2. The van der Waals surface area contributed by atoms with Crippen LogP contribution in [-0.4, -0.2) is 32.6 Å². The molecule has 0 unspecified atom stereocenters. The first-order chi connectivity index (χ1) is 12.2. The van der Waals surface area contributed by atoms with Crippen LogP contribution in [0.3, 0.4) is 0 Å². The van der Waals surface area contributed by atoms with Crippen LogP contribution < -0.4 is 10.9 Å². The molecular weight excluding hydrogens is 318 g/mol. The molecule has 0 spiro atoms. The number of fused-ring (bicyclic) bond motifs is 1. The summed E-state index contributed by atoms with van der Waals surface area (Å²) in [5.41, 5.74) is 4.33. The molecule has 2 N–H and O–H groups in total. The number of aromatic nitrogens is 4. The number of ether oxygens (including phenoxy) is 1. The molecule has 134 valence electrons. The Kier molecular flexibility index (Phi) is 4.67. The molecule has 2 aromatic heterocycles. The van der Waals surface area contributed by atoms with Crippen molar-refractivity contribution in [2.45, 2.75) is 64.3 Å². The van der Waals surface area contributed by atoms with Gasteiger partial charge in [-0.3, -0.25) is 9.89 Å². The van der Waals surface area contributed by atoms with Crippen LogP contribution in [-0.2, 0) is 24.3 Å². The molecule has 2 aromatic rings. The predicted molar refractivity (Wildman–Crippen MR) is 93.3 cm³/mol. The maximum absolute atomic E-state index is 12.4. The first-order valence-corrected chi connectivity index (χ1v) is 9.12. The molecule has 7 nitrogen and oxygen atoms in total. The zero-order valence-corrected chi connectivity index (χ0v) is 14.6. The number of aromatic amines is 1. The molecule has 0 aromatic carbocycles. The van der Waals surface area contributed by atoms with Gasteiger partial charge in [-0.05, 0) is 32.6 Å². The Morgan fingerprint density at radius 1 is 1.36 bits per heavy atom. The van der Waals surface area contributed by atoms with Crippen LogP contribution in [0.15, 0.2) is 17.1 Å². The molecule has 0 bridgehead atoms. The SMILES string of the molecule is Cc1[nH]ncc1CNC1CCC(n2nc3c(cc2=O)COCC3)CC1. The van der Waals surface area contributed by atoms with Crippen LogP contribution in [0, 0.1) is 6.92 Å². The Bertz CT molecular complexity index is 789. The third-order valence-electron chi connectivity index (χ3n) is 5.42. The fraction of sp³-hybridized carbons (Fsp3) is 0.611. The Morgan fingerprint density at radius 3 is 2.96 bits per heavy atom. The molecule has 1 saturated carbocycles. The number of H-pyrrole nitrogens is 1. The van der Waals surface area contributed by atoms with E-state index in [1.165, 1.54) is 5.56 Å². The molecule has 1 fully saturated rings. The molecule has 0 saturated heterocycles. The largest absolute Gasteiger partial charge is 0.376 e. The van der Waals surface area contributed by atoms with E-state index < -0.39 is 0 Å². The van der Waals surface area contributed by atoms with Gasteiger partial charge in [-0.15, -0.1) is 0 Å². The molecule has 3 heterocycles. The average molecular weight is 343 g/mol. The molecule has 1 aliphatic carbocycles. The lowest BCUT2D eigenvalue weighted by Gasteiger charge is -2.30. The number of hydrogen-bond donors (Lipinski definition) is 2. The van der Waals surface area contributed by atoms with Crippen molar-refractivity contribution in [3.05, 3.63) is 45.1 Å². The van der Waals surface area contributed by atoms with E-state index in [1.807, 2.05) is 13.1 Å². The first kappa shape index (κ1) is 16.5. The molecule has 1 aliphatic heterocycles. The van der Waals surface area contributed by atoms with Gasteiger partial charge >= 0.3 is 0 Å². The molecule has 2 aliphatic rings. The second kappa shape index (κ2) is 7.09. The second-order valence-corrected chi connectivity index (χ2v) is 7.11. The summed E-state index contributed by atoms with van der Waals surface area (Å²) in [7, 11) is 0. The standard InChI is InChI=1S/C18H25N5O2/c1-12-14(10-20-21-12)9-19-15-2-4-16(5-3-15)23-18(24)8-13-11-25-7-6-17(13)22-23/h8,10,15-16,19H,2-7,9,11H2,1H3,(H,20,21). The van der Waals surface area contributed by atoms with Crippen molar-refractivity contribution >= 4 is 0 Å². The smallest absolute Gasteiger partial charge is 0.267 e. The van der Waals surface area contributed by atoms with E-state index in [0.29, 0.717) is 19.3 Å². The normalized spacial score (nSPS) is 23.4. The fourth-order valence-corrected chi connectivity index (χ4v) is 3.82. The summed E-state index contributed by atoms with van der Waals surface area (Å²) >= 11 is 0. The zero-order valence-electron chi connectivity index (χ0n) is 14.6. The minimum atomic E-state index is 0.00896. The molecule has 25 heavy (non-hydrogen) atoms. The number of hydrogen-bond acceptors (Lipinski definition) is 5. The maximum atomic E-state index is 12.4. The topological polar surface area (TPSA) is 84.8 Å². The van der Waals surface area contributed by atoms with E-state index in [9.17, 15) is 4.79 Å². The Hall–Kier alpha value is -1.99. The Balaban J connectivity index is 1.37. The molecular formula is C18H25N5O2. The van der Waals surface area contributed by atoms with Gasteiger partial charge in [0.05, 0.1) is 31.1 Å². The number of aryl methyl sites for hydroxylation is 1.